The van der Waals surface area contributed by atoms with Crippen molar-refractivity contribution in [3.63, 3.8) is 0 Å². The van der Waals surface area contributed by atoms with Gasteiger partial charge in [-0.3, -0.25) is 0 Å². The van der Waals surface area contributed by atoms with Crippen LogP contribution in [0.4, 0.5) is 5.13 Å². The van der Waals surface area contributed by atoms with E-state index in [4.69, 9.17) is 4.98 Å². The number of hydrogen-bond acceptors (Lipinski definition) is 4. The van der Waals surface area contributed by atoms with Crippen LogP contribution in [0.3, 0.4) is 0 Å². The van der Waals surface area contributed by atoms with E-state index in [0.29, 0.717) is 6.04 Å². The third-order valence-electron chi connectivity index (χ3n) is 3.66. The molecule has 0 aromatic carbocycles. The number of rotatable bonds is 2. The van der Waals surface area contributed by atoms with Crippen molar-refractivity contribution < 1.29 is 0 Å². The fourth-order valence-corrected chi connectivity index (χ4v) is 4.03. The minimum absolute atomic E-state index is 0.553. The fraction of sp³-hybridized carbons (Fsp3) is 0.750. The molecule has 1 unspecified atom stereocenters. The molecule has 0 radical (unpaired) electrons. The maximum Gasteiger partial charge on any atom is 0.185 e. The van der Waals surface area contributed by atoms with Crippen LogP contribution >= 0.6 is 11.3 Å². The average molecular weight is 237 g/mol. The van der Waals surface area contributed by atoms with Crippen molar-refractivity contribution >= 4 is 16.5 Å². The summed E-state index contributed by atoms with van der Waals surface area (Å²) in [5.74, 6) is 0. The minimum Gasteiger partial charge on any atom is -0.348 e. The molecule has 0 amide bonds. The monoisotopic (exact) mass is 237 g/mol. The van der Waals surface area contributed by atoms with Gasteiger partial charge in [-0.15, -0.1) is 0 Å². The van der Waals surface area contributed by atoms with Gasteiger partial charge in [0.25, 0.3) is 0 Å². The highest BCUT2D eigenvalue weighted by atomic mass is 32.1. The predicted molar refractivity (Wildman–Crippen MR) is 68.3 cm³/mol. The van der Waals surface area contributed by atoms with Gasteiger partial charge in [0.2, 0.25) is 0 Å². The van der Waals surface area contributed by atoms with Crippen LogP contribution in [0, 0.1) is 0 Å². The summed E-state index contributed by atoms with van der Waals surface area (Å²) in [6.07, 6.45) is 6.39. The maximum absolute atomic E-state index is 4.84. The number of fused-ring (bicyclic) bond motifs is 1. The molecule has 1 aromatic rings. The Morgan fingerprint density at radius 1 is 1.31 bits per heavy atom. The van der Waals surface area contributed by atoms with Crippen molar-refractivity contribution in [2.75, 3.05) is 25.0 Å². The van der Waals surface area contributed by atoms with Gasteiger partial charge in [-0.05, 0) is 39.2 Å². The van der Waals surface area contributed by atoms with Crippen LogP contribution in [-0.4, -0.2) is 25.1 Å². The summed E-state index contributed by atoms with van der Waals surface area (Å²) in [6, 6.07) is 0.553. The van der Waals surface area contributed by atoms with Crippen LogP contribution in [0.5, 0.6) is 0 Å². The summed E-state index contributed by atoms with van der Waals surface area (Å²) in [5, 5.41) is 4.68. The summed E-state index contributed by atoms with van der Waals surface area (Å²) < 4.78 is 0. The van der Waals surface area contributed by atoms with E-state index in [-0.39, 0.29) is 0 Å². The maximum atomic E-state index is 4.84. The van der Waals surface area contributed by atoms with Gasteiger partial charge in [0.1, 0.15) is 0 Å². The summed E-state index contributed by atoms with van der Waals surface area (Å²) in [5.41, 5.74) is 1.36. The van der Waals surface area contributed by atoms with Gasteiger partial charge >= 0.3 is 0 Å². The SMILES string of the molecule is CNC1CCCc2nc(N3CCCC3)sc21. The van der Waals surface area contributed by atoms with Crippen LogP contribution in [0.15, 0.2) is 0 Å². The summed E-state index contributed by atoms with van der Waals surface area (Å²) in [4.78, 5) is 8.79. The molecule has 2 heterocycles. The lowest BCUT2D eigenvalue weighted by molar-refractivity contribution is 0.501. The topological polar surface area (TPSA) is 28.2 Å². The van der Waals surface area contributed by atoms with E-state index in [1.807, 2.05) is 11.3 Å². The zero-order valence-corrected chi connectivity index (χ0v) is 10.6. The van der Waals surface area contributed by atoms with Crippen LogP contribution < -0.4 is 10.2 Å². The minimum atomic E-state index is 0.553. The molecule has 1 aliphatic heterocycles. The molecule has 1 N–H and O–H groups in total. The Morgan fingerprint density at radius 2 is 2.12 bits per heavy atom. The second kappa shape index (κ2) is 4.34. The molecule has 3 rings (SSSR count). The molecule has 0 bridgehead atoms. The highest BCUT2D eigenvalue weighted by Crippen LogP contribution is 2.38. The van der Waals surface area contributed by atoms with Crippen molar-refractivity contribution in [3.05, 3.63) is 10.6 Å². The molecule has 1 aromatic heterocycles. The molecule has 0 saturated carbocycles. The predicted octanol–water partition coefficient (Wildman–Crippen LogP) is 2.34. The molecule has 2 aliphatic rings. The van der Waals surface area contributed by atoms with Gasteiger partial charge in [0, 0.05) is 24.0 Å². The first-order chi connectivity index (χ1) is 7.88. The second-order valence-corrected chi connectivity index (χ2v) is 5.74. The van der Waals surface area contributed by atoms with Crippen LogP contribution in [0.25, 0.3) is 0 Å². The van der Waals surface area contributed by atoms with Gasteiger partial charge in [-0.25, -0.2) is 4.98 Å². The second-order valence-electron chi connectivity index (χ2n) is 4.74. The highest BCUT2D eigenvalue weighted by Gasteiger charge is 2.25. The number of thiazole rings is 1. The van der Waals surface area contributed by atoms with Crippen molar-refractivity contribution in [1.29, 1.82) is 0 Å². The molecule has 3 nitrogen and oxygen atoms in total. The first kappa shape index (κ1) is 10.5. The van der Waals surface area contributed by atoms with E-state index in [9.17, 15) is 0 Å². The first-order valence-electron chi connectivity index (χ1n) is 6.30. The van der Waals surface area contributed by atoms with E-state index < -0.39 is 0 Å². The Bertz CT molecular complexity index is 368. The Labute approximate surface area is 101 Å². The van der Waals surface area contributed by atoms with Crippen molar-refractivity contribution in [3.8, 4) is 0 Å². The molecule has 1 fully saturated rings. The third-order valence-corrected chi connectivity index (χ3v) is 4.94. The van der Waals surface area contributed by atoms with Crippen molar-refractivity contribution in [2.24, 2.45) is 0 Å². The number of hydrogen-bond donors (Lipinski definition) is 1. The molecule has 1 saturated heterocycles. The number of aryl methyl sites for hydroxylation is 1. The molecule has 1 aliphatic carbocycles. The van der Waals surface area contributed by atoms with Crippen LogP contribution in [-0.2, 0) is 6.42 Å². The first-order valence-corrected chi connectivity index (χ1v) is 7.12. The van der Waals surface area contributed by atoms with Gasteiger partial charge in [0.15, 0.2) is 5.13 Å². The van der Waals surface area contributed by atoms with E-state index in [0.717, 1.165) is 0 Å². The highest BCUT2D eigenvalue weighted by molar-refractivity contribution is 7.15. The average Bonchev–Trinajstić information content (AvgIpc) is 2.96. The molecule has 4 heteroatoms. The molecule has 1 atom stereocenters. The summed E-state index contributed by atoms with van der Waals surface area (Å²) >= 11 is 1.92. The normalized spacial score (nSPS) is 24.8. The lowest BCUT2D eigenvalue weighted by Gasteiger charge is -2.19. The molecule has 16 heavy (non-hydrogen) atoms. The Kier molecular flexibility index (Phi) is 2.86. The zero-order chi connectivity index (χ0) is 11.0. The van der Waals surface area contributed by atoms with Gasteiger partial charge in [-0.1, -0.05) is 11.3 Å². The van der Waals surface area contributed by atoms with Gasteiger partial charge < -0.3 is 10.2 Å². The zero-order valence-electron chi connectivity index (χ0n) is 9.83. The van der Waals surface area contributed by atoms with E-state index in [2.05, 4.69) is 17.3 Å². The fourth-order valence-electron chi connectivity index (χ4n) is 2.73. The molecular weight excluding hydrogens is 218 g/mol. The molecular formula is C12H19N3S. The molecule has 0 spiro atoms. The number of anilines is 1. The largest absolute Gasteiger partial charge is 0.348 e. The lowest BCUT2D eigenvalue weighted by atomic mass is 9.98. The van der Waals surface area contributed by atoms with Gasteiger partial charge in [0.05, 0.1) is 5.69 Å². The van der Waals surface area contributed by atoms with E-state index in [1.165, 1.54) is 60.9 Å². The Balaban J connectivity index is 1.89. The van der Waals surface area contributed by atoms with Crippen LogP contribution in [0.1, 0.15) is 42.3 Å². The summed E-state index contributed by atoms with van der Waals surface area (Å²) in [6.45, 7) is 2.41. The number of nitrogens with zero attached hydrogens (tertiary/aromatic N) is 2. The summed E-state index contributed by atoms with van der Waals surface area (Å²) in [7, 11) is 2.06. The van der Waals surface area contributed by atoms with Crippen molar-refractivity contribution in [1.82, 2.24) is 10.3 Å². The van der Waals surface area contributed by atoms with Gasteiger partial charge in [-0.2, -0.15) is 0 Å². The van der Waals surface area contributed by atoms with E-state index >= 15 is 0 Å². The van der Waals surface area contributed by atoms with Crippen molar-refractivity contribution in [2.45, 2.75) is 38.1 Å². The smallest absolute Gasteiger partial charge is 0.185 e. The standard InChI is InChI=1S/C12H19N3S/c1-13-9-5-4-6-10-11(9)16-12(14-10)15-7-2-3-8-15/h9,13H,2-8H2,1H3. The molecule has 88 valence electrons. The third kappa shape index (κ3) is 1.74. The number of nitrogens with one attached hydrogen (secondary N) is 1. The quantitative estimate of drug-likeness (QED) is 0.855. The Hall–Kier alpha value is -0.610. The van der Waals surface area contributed by atoms with Crippen LogP contribution in [0.2, 0.25) is 0 Å². The Morgan fingerprint density at radius 3 is 2.88 bits per heavy atom. The van der Waals surface area contributed by atoms with E-state index in [1.54, 1.807) is 0 Å². The lowest BCUT2D eigenvalue weighted by Crippen LogP contribution is -2.19. The number of aromatic nitrogens is 1.